The molecule has 0 aliphatic carbocycles. The highest BCUT2D eigenvalue weighted by Gasteiger charge is 2.12. The van der Waals surface area contributed by atoms with Gasteiger partial charge in [-0.25, -0.2) is 0 Å². The van der Waals surface area contributed by atoms with Crippen LogP contribution in [-0.2, 0) is 6.54 Å². The van der Waals surface area contributed by atoms with Gasteiger partial charge in [-0.3, -0.25) is 0 Å². The van der Waals surface area contributed by atoms with Crippen LogP contribution in [0, 0.1) is 0 Å². The van der Waals surface area contributed by atoms with Gasteiger partial charge in [-0.1, -0.05) is 22.9 Å². The Labute approximate surface area is 129 Å². The van der Waals surface area contributed by atoms with E-state index in [1.165, 1.54) is 0 Å². The van der Waals surface area contributed by atoms with Crippen LogP contribution < -0.4 is 14.8 Å². The van der Waals surface area contributed by atoms with E-state index < -0.39 is 0 Å². The molecule has 0 aliphatic rings. The third-order valence-electron chi connectivity index (χ3n) is 3.01. The summed E-state index contributed by atoms with van der Waals surface area (Å²) in [5.74, 6) is 1.51. The Morgan fingerprint density at radius 2 is 1.75 bits per heavy atom. The molecular weight excluding hydrogens is 322 g/mol. The molecule has 2 N–H and O–H groups in total. The summed E-state index contributed by atoms with van der Waals surface area (Å²) in [5, 5.41) is 12.5. The fourth-order valence-corrected chi connectivity index (χ4v) is 2.30. The third kappa shape index (κ3) is 4.96. The molecule has 20 heavy (non-hydrogen) atoms. The van der Waals surface area contributed by atoms with E-state index in [0.29, 0.717) is 19.8 Å². The summed E-state index contributed by atoms with van der Waals surface area (Å²) >= 11 is 3.56. The number of ether oxygens (including phenoxy) is 2. The predicted octanol–water partition coefficient (Wildman–Crippen LogP) is 3.11. The molecule has 0 aliphatic heterocycles. The number of hydrogen-bond acceptors (Lipinski definition) is 4. The van der Waals surface area contributed by atoms with Gasteiger partial charge in [-0.05, 0) is 38.0 Å². The first-order valence-corrected chi connectivity index (χ1v) is 7.87. The molecule has 1 aromatic carbocycles. The molecule has 0 fully saturated rings. The van der Waals surface area contributed by atoms with Gasteiger partial charge in [0.2, 0.25) is 0 Å². The minimum absolute atomic E-state index is 0.115. The highest BCUT2D eigenvalue weighted by atomic mass is 79.9. The molecule has 0 spiro atoms. The number of aliphatic hydroxyl groups excluding tert-OH is 1. The van der Waals surface area contributed by atoms with Gasteiger partial charge in [-0.2, -0.15) is 0 Å². The number of benzene rings is 1. The predicted molar refractivity (Wildman–Crippen MR) is 84.5 cm³/mol. The molecule has 4 nitrogen and oxygen atoms in total. The molecule has 0 heterocycles. The first-order valence-electron chi connectivity index (χ1n) is 7.08. The van der Waals surface area contributed by atoms with Crippen LogP contribution in [0.2, 0.25) is 0 Å². The van der Waals surface area contributed by atoms with E-state index in [2.05, 4.69) is 21.2 Å². The van der Waals surface area contributed by atoms with Crippen LogP contribution in [0.5, 0.6) is 11.5 Å². The Morgan fingerprint density at radius 1 is 1.15 bits per heavy atom. The molecule has 1 atom stereocenters. The average molecular weight is 346 g/mol. The number of nitrogens with one attached hydrogen (secondary N) is 1. The van der Waals surface area contributed by atoms with Crippen molar-refractivity contribution in [1.29, 1.82) is 0 Å². The lowest BCUT2D eigenvalue weighted by Crippen LogP contribution is -2.31. The number of halogens is 1. The van der Waals surface area contributed by atoms with Crippen molar-refractivity contribution in [3.05, 3.63) is 22.2 Å². The fourth-order valence-electron chi connectivity index (χ4n) is 1.84. The van der Waals surface area contributed by atoms with Crippen molar-refractivity contribution >= 4 is 15.9 Å². The first-order chi connectivity index (χ1) is 9.65. The Balaban J connectivity index is 2.87. The van der Waals surface area contributed by atoms with E-state index >= 15 is 0 Å². The first kappa shape index (κ1) is 17.3. The van der Waals surface area contributed by atoms with Gasteiger partial charge >= 0.3 is 0 Å². The Bertz CT molecular complexity index is 408. The zero-order valence-corrected chi connectivity index (χ0v) is 14.0. The van der Waals surface area contributed by atoms with Crippen molar-refractivity contribution in [2.24, 2.45) is 0 Å². The third-order valence-corrected chi connectivity index (χ3v) is 3.75. The van der Waals surface area contributed by atoms with E-state index in [1.54, 1.807) is 0 Å². The van der Waals surface area contributed by atoms with Gasteiger partial charge in [0, 0.05) is 17.1 Å². The van der Waals surface area contributed by atoms with Crippen LogP contribution in [0.1, 0.15) is 32.8 Å². The van der Waals surface area contributed by atoms with Crippen LogP contribution in [0.25, 0.3) is 0 Å². The quantitative estimate of drug-likeness (QED) is 0.721. The maximum atomic E-state index is 9.21. The summed E-state index contributed by atoms with van der Waals surface area (Å²) in [6, 6.07) is 4.03. The monoisotopic (exact) mass is 345 g/mol. The molecule has 5 heteroatoms. The zero-order valence-electron chi connectivity index (χ0n) is 12.4. The number of hydrogen-bond donors (Lipinski definition) is 2. The molecule has 1 unspecified atom stereocenters. The molecule has 0 amide bonds. The van der Waals surface area contributed by atoms with Gasteiger partial charge in [0.05, 0.1) is 19.8 Å². The topological polar surface area (TPSA) is 50.7 Å². The fraction of sp³-hybridized carbons (Fsp3) is 0.600. The van der Waals surface area contributed by atoms with Crippen molar-refractivity contribution in [1.82, 2.24) is 5.32 Å². The second-order valence-electron chi connectivity index (χ2n) is 4.43. The summed E-state index contributed by atoms with van der Waals surface area (Å²) in [6.07, 6.45) is 0.892. The van der Waals surface area contributed by atoms with Crippen molar-refractivity contribution in [3.8, 4) is 11.5 Å². The summed E-state index contributed by atoms with van der Waals surface area (Å²) in [4.78, 5) is 0. The Morgan fingerprint density at radius 3 is 2.25 bits per heavy atom. The van der Waals surface area contributed by atoms with E-state index in [4.69, 9.17) is 9.47 Å². The van der Waals surface area contributed by atoms with Crippen molar-refractivity contribution in [3.63, 3.8) is 0 Å². The normalized spacial score (nSPS) is 12.2. The van der Waals surface area contributed by atoms with Gasteiger partial charge in [0.25, 0.3) is 0 Å². The van der Waals surface area contributed by atoms with Gasteiger partial charge in [0.1, 0.15) is 0 Å². The average Bonchev–Trinajstić information content (AvgIpc) is 2.44. The zero-order chi connectivity index (χ0) is 15.0. The van der Waals surface area contributed by atoms with Crippen LogP contribution in [-0.4, -0.2) is 31.0 Å². The van der Waals surface area contributed by atoms with Gasteiger partial charge in [-0.15, -0.1) is 0 Å². The largest absolute Gasteiger partial charge is 0.490 e. The standard InChI is InChI=1S/C15H24BrNO3/c1-4-12(10-18)17-9-11-7-14(19-5-2)15(20-6-3)8-13(11)16/h7-8,12,17-18H,4-6,9-10H2,1-3H3. The van der Waals surface area contributed by atoms with E-state index in [9.17, 15) is 5.11 Å². The van der Waals surface area contributed by atoms with Crippen LogP contribution >= 0.6 is 15.9 Å². The van der Waals surface area contributed by atoms with Crippen molar-refractivity contribution in [2.75, 3.05) is 19.8 Å². The van der Waals surface area contributed by atoms with Crippen LogP contribution in [0.4, 0.5) is 0 Å². The minimum Gasteiger partial charge on any atom is -0.490 e. The second kappa shape index (κ2) is 9.21. The number of aliphatic hydroxyl groups is 1. The summed E-state index contributed by atoms with van der Waals surface area (Å²) in [6.45, 7) is 7.97. The number of rotatable bonds is 9. The van der Waals surface area contributed by atoms with Crippen molar-refractivity contribution in [2.45, 2.75) is 39.8 Å². The molecule has 0 aromatic heterocycles. The van der Waals surface area contributed by atoms with E-state index in [1.807, 2.05) is 32.9 Å². The van der Waals surface area contributed by atoms with Crippen molar-refractivity contribution < 1.29 is 14.6 Å². The van der Waals surface area contributed by atoms with E-state index in [0.717, 1.165) is 28.0 Å². The Kier molecular flexibility index (Phi) is 7.95. The lowest BCUT2D eigenvalue weighted by atomic mass is 10.1. The molecular formula is C15H24BrNO3. The molecule has 0 radical (unpaired) electrons. The lowest BCUT2D eigenvalue weighted by molar-refractivity contribution is 0.238. The molecule has 1 rings (SSSR count). The maximum absolute atomic E-state index is 9.21. The maximum Gasteiger partial charge on any atom is 0.162 e. The van der Waals surface area contributed by atoms with Crippen LogP contribution in [0.3, 0.4) is 0 Å². The van der Waals surface area contributed by atoms with E-state index in [-0.39, 0.29) is 12.6 Å². The summed E-state index contributed by atoms with van der Waals surface area (Å²) in [5.41, 5.74) is 1.09. The smallest absolute Gasteiger partial charge is 0.162 e. The second-order valence-corrected chi connectivity index (χ2v) is 5.28. The molecule has 114 valence electrons. The highest BCUT2D eigenvalue weighted by molar-refractivity contribution is 9.10. The molecule has 0 saturated heterocycles. The SMILES string of the molecule is CCOc1cc(Br)c(CNC(CC)CO)cc1OCC. The van der Waals surface area contributed by atoms with Crippen LogP contribution in [0.15, 0.2) is 16.6 Å². The molecule has 0 bridgehead atoms. The lowest BCUT2D eigenvalue weighted by Gasteiger charge is -2.17. The minimum atomic E-state index is 0.115. The van der Waals surface area contributed by atoms with Gasteiger partial charge < -0.3 is 19.9 Å². The van der Waals surface area contributed by atoms with Gasteiger partial charge in [0.15, 0.2) is 11.5 Å². The highest BCUT2D eigenvalue weighted by Crippen LogP contribution is 2.33. The summed E-state index contributed by atoms with van der Waals surface area (Å²) < 4.78 is 12.2. The Hall–Kier alpha value is -0.780. The molecule has 1 aromatic rings. The summed E-state index contributed by atoms with van der Waals surface area (Å²) in [7, 11) is 0. The molecule has 0 saturated carbocycles.